The van der Waals surface area contributed by atoms with E-state index in [1.165, 1.54) is 57.8 Å². The predicted octanol–water partition coefficient (Wildman–Crippen LogP) is 15.9. The molecule has 14 nitrogen and oxygen atoms in total. The Morgan fingerprint density at radius 2 is 0.899 bits per heavy atom. The summed E-state index contributed by atoms with van der Waals surface area (Å²) in [7, 11) is -2.77. The Bertz CT molecular complexity index is 2180. The van der Waals surface area contributed by atoms with E-state index in [2.05, 4.69) is 12.2 Å². The van der Waals surface area contributed by atoms with E-state index in [4.69, 9.17) is 42.0 Å². The van der Waals surface area contributed by atoms with Crippen LogP contribution in [0.15, 0.2) is 115 Å². The maximum atomic E-state index is 14.6. The van der Waals surface area contributed by atoms with Gasteiger partial charge < -0.3 is 33.7 Å². The van der Waals surface area contributed by atoms with E-state index < -0.39 is 44.7 Å². The van der Waals surface area contributed by atoms with Crippen molar-refractivity contribution < 1.29 is 60.9 Å². The molecule has 4 rings (SSSR count). The molecule has 15 heteroatoms. The third kappa shape index (κ3) is 34.0. The second-order valence-corrected chi connectivity index (χ2v) is 22.0. The van der Waals surface area contributed by atoms with Gasteiger partial charge in [-0.15, -0.1) is 0 Å². The summed E-state index contributed by atoms with van der Waals surface area (Å²) in [5.41, 5.74) is 3.56. The third-order valence-electron chi connectivity index (χ3n) is 13.4. The molecular weight excluding hydrogens is 1020 g/mol. The van der Waals surface area contributed by atoms with Gasteiger partial charge in [0.05, 0.1) is 46.8 Å². The number of phosphoric ester groups is 1. The lowest BCUT2D eigenvalue weighted by molar-refractivity contribution is -0.161. The molecule has 0 saturated heterocycles. The molecule has 438 valence electrons. The number of ether oxygens (including phenoxy) is 6. The van der Waals surface area contributed by atoms with Crippen LogP contribution < -0.4 is 10.1 Å². The molecule has 1 amide bonds. The van der Waals surface area contributed by atoms with Crippen LogP contribution in [-0.4, -0.2) is 70.3 Å². The number of unbranched alkanes of at least 4 members (excludes halogenated alkanes) is 20. The number of nitrogens with one attached hydrogen (secondary N) is 1. The largest absolute Gasteiger partial charge is 0.497 e. The topological polar surface area (TPSA) is 163 Å². The SMILES string of the molecule is CCCCCCCCCCCCCCCC(=O)O[C@H](COC(=O)CCCCCCCCCCCNC(=O)OCc1ccccc1)COP(=O)(OCc1ccccc1)OC[C@H](COCc1ccc(OC)cc1)OCc1ccccc1. The number of hydrogen-bond donors (Lipinski definition) is 1. The molecule has 0 aliphatic heterocycles. The molecule has 4 aromatic carbocycles. The van der Waals surface area contributed by atoms with E-state index in [0.29, 0.717) is 19.4 Å². The van der Waals surface area contributed by atoms with Crippen molar-refractivity contribution in [3.63, 3.8) is 0 Å². The van der Waals surface area contributed by atoms with Crippen LogP contribution >= 0.6 is 7.82 Å². The maximum Gasteiger partial charge on any atom is 0.475 e. The minimum absolute atomic E-state index is 0.0899. The second-order valence-electron chi connectivity index (χ2n) is 20.3. The smallest absolute Gasteiger partial charge is 0.475 e. The van der Waals surface area contributed by atoms with Gasteiger partial charge in [-0.1, -0.05) is 232 Å². The van der Waals surface area contributed by atoms with Gasteiger partial charge in [-0.25, -0.2) is 9.36 Å². The van der Waals surface area contributed by atoms with Gasteiger partial charge in [0.25, 0.3) is 0 Å². The summed E-state index contributed by atoms with van der Waals surface area (Å²) < 4.78 is 67.1. The van der Waals surface area contributed by atoms with Gasteiger partial charge in [0.15, 0.2) is 6.10 Å². The highest BCUT2D eigenvalue weighted by Crippen LogP contribution is 2.50. The highest BCUT2D eigenvalue weighted by Gasteiger charge is 2.32. The minimum atomic E-state index is -4.39. The molecule has 1 unspecified atom stereocenters. The van der Waals surface area contributed by atoms with Crippen molar-refractivity contribution in [1.82, 2.24) is 5.32 Å². The van der Waals surface area contributed by atoms with Gasteiger partial charge in [-0.2, -0.15) is 0 Å². The zero-order valence-electron chi connectivity index (χ0n) is 47.7. The number of esters is 2. The van der Waals surface area contributed by atoms with Crippen molar-refractivity contribution in [1.29, 1.82) is 0 Å². The van der Waals surface area contributed by atoms with E-state index in [0.717, 1.165) is 98.6 Å². The van der Waals surface area contributed by atoms with Gasteiger partial charge in [-0.3, -0.25) is 23.2 Å². The van der Waals surface area contributed by atoms with Crippen molar-refractivity contribution in [2.75, 3.05) is 40.1 Å². The van der Waals surface area contributed by atoms with Crippen molar-refractivity contribution in [2.24, 2.45) is 0 Å². The Morgan fingerprint density at radius 3 is 1.43 bits per heavy atom. The molecule has 0 bridgehead atoms. The van der Waals surface area contributed by atoms with Crippen LogP contribution in [0.4, 0.5) is 4.79 Å². The molecule has 0 aromatic heterocycles. The summed E-state index contributed by atoms with van der Waals surface area (Å²) >= 11 is 0. The van der Waals surface area contributed by atoms with Crippen molar-refractivity contribution >= 4 is 25.9 Å². The lowest BCUT2D eigenvalue weighted by Crippen LogP contribution is -2.30. The summed E-state index contributed by atoms with van der Waals surface area (Å²) in [6, 6.07) is 36.1. The van der Waals surface area contributed by atoms with Gasteiger partial charge in [-0.05, 0) is 53.6 Å². The summed E-state index contributed by atoms with van der Waals surface area (Å²) in [6.07, 6.45) is 22.5. The van der Waals surface area contributed by atoms with Crippen molar-refractivity contribution in [2.45, 2.75) is 200 Å². The molecule has 3 atom stereocenters. The minimum Gasteiger partial charge on any atom is -0.497 e. The van der Waals surface area contributed by atoms with Crippen LogP contribution in [0.3, 0.4) is 0 Å². The van der Waals surface area contributed by atoms with Crippen LogP contribution in [0, 0.1) is 0 Å². The summed E-state index contributed by atoms with van der Waals surface area (Å²) in [4.78, 5) is 38.4. The van der Waals surface area contributed by atoms with E-state index in [1.807, 2.05) is 115 Å². The number of alkyl carbamates (subject to hydrolysis) is 1. The number of carbonyl (C=O) groups is 3. The number of hydrogen-bond acceptors (Lipinski definition) is 13. The maximum absolute atomic E-state index is 14.6. The molecule has 79 heavy (non-hydrogen) atoms. The Hall–Kier alpha value is -5.08. The Morgan fingerprint density at radius 1 is 0.443 bits per heavy atom. The number of carbonyl (C=O) groups excluding carboxylic acids is 3. The zero-order valence-corrected chi connectivity index (χ0v) is 48.6. The van der Waals surface area contributed by atoms with Crippen LogP contribution in [0.2, 0.25) is 0 Å². The number of phosphoric acid groups is 1. The first kappa shape index (κ1) is 66.4. The molecule has 0 radical (unpaired) electrons. The van der Waals surface area contributed by atoms with Gasteiger partial charge in [0.2, 0.25) is 0 Å². The summed E-state index contributed by atoms with van der Waals surface area (Å²) in [5, 5.41) is 2.82. The first-order chi connectivity index (χ1) is 38.7. The lowest BCUT2D eigenvalue weighted by atomic mass is 10.0. The third-order valence-corrected chi connectivity index (χ3v) is 14.8. The molecule has 0 aliphatic carbocycles. The predicted molar refractivity (Wildman–Crippen MR) is 310 cm³/mol. The highest BCUT2D eigenvalue weighted by atomic mass is 31.2. The first-order valence-corrected chi connectivity index (χ1v) is 30.9. The van der Waals surface area contributed by atoms with E-state index in [1.54, 1.807) is 7.11 Å². The quantitative estimate of drug-likeness (QED) is 0.0193. The molecule has 0 fully saturated rings. The summed E-state index contributed by atoms with van der Waals surface area (Å²) in [5.74, 6) is -0.127. The van der Waals surface area contributed by atoms with E-state index in [9.17, 15) is 18.9 Å². The fraction of sp³-hybridized carbons (Fsp3) is 0.578. The van der Waals surface area contributed by atoms with Crippen LogP contribution in [0.25, 0.3) is 0 Å². The highest BCUT2D eigenvalue weighted by molar-refractivity contribution is 7.48. The Kier molecular flexibility index (Phi) is 36.7. The number of rotatable bonds is 48. The van der Waals surface area contributed by atoms with Crippen LogP contribution in [0.5, 0.6) is 5.75 Å². The van der Waals surface area contributed by atoms with Crippen LogP contribution in [0.1, 0.15) is 183 Å². The molecule has 0 spiro atoms. The Balaban J connectivity index is 1.26. The fourth-order valence-electron chi connectivity index (χ4n) is 8.65. The van der Waals surface area contributed by atoms with Gasteiger partial charge in [0.1, 0.15) is 25.1 Å². The Labute approximate surface area is 473 Å². The average Bonchev–Trinajstić information content (AvgIpc) is 3.48. The average molecular weight is 1120 g/mol. The first-order valence-electron chi connectivity index (χ1n) is 29.5. The van der Waals surface area contributed by atoms with E-state index >= 15 is 0 Å². The second kappa shape index (κ2) is 43.7. The molecular formula is C64H94NO13P. The van der Waals surface area contributed by atoms with Gasteiger partial charge in [0, 0.05) is 19.4 Å². The van der Waals surface area contributed by atoms with Crippen molar-refractivity contribution in [3.8, 4) is 5.75 Å². The molecule has 0 saturated carbocycles. The van der Waals surface area contributed by atoms with E-state index in [-0.39, 0.29) is 59.1 Å². The van der Waals surface area contributed by atoms with Gasteiger partial charge >= 0.3 is 25.9 Å². The molecule has 1 N–H and O–H groups in total. The normalized spacial score (nSPS) is 12.8. The van der Waals surface area contributed by atoms with Crippen LogP contribution in [-0.2, 0) is 77.8 Å². The summed E-state index contributed by atoms with van der Waals surface area (Å²) in [6.45, 7) is 2.73. The fourth-order valence-corrected chi connectivity index (χ4v) is 9.88. The lowest BCUT2D eigenvalue weighted by Gasteiger charge is -2.24. The standard InChI is InChI=1S/C64H94NO13P/c1-3-4-5-6-7-8-9-10-11-13-17-20-32-41-63(67)78-61(52-73-62(66)40-31-19-16-14-12-15-18-21-33-46-65-64(68)74-49-56-36-27-23-28-37-56)54-77-79(69,75-50-57-38-29-24-30-39-57)76-53-60(72-48-55-34-25-22-26-35-55)51-71-47-58-42-44-59(70-2)45-43-58/h22-30,34-39,42-45,60-61H,3-21,31-33,40-41,46-54H2,1-2H3,(H,65,68)/t60-,61+,79?/m0/s1. The molecule has 0 heterocycles. The monoisotopic (exact) mass is 1120 g/mol. The number of benzene rings is 4. The van der Waals surface area contributed by atoms with Crippen molar-refractivity contribution in [3.05, 3.63) is 138 Å². The number of methoxy groups -OCH3 is 1. The molecule has 4 aromatic rings. The molecule has 0 aliphatic rings. The zero-order chi connectivity index (χ0) is 56.1. The number of amides is 1.